The van der Waals surface area contributed by atoms with Gasteiger partial charge in [-0.05, 0) is 0 Å². The minimum absolute atomic E-state index is 0.340. The van der Waals surface area contributed by atoms with E-state index in [2.05, 4.69) is 5.10 Å². The van der Waals surface area contributed by atoms with Crippen molar-refractivity contribution in [3.05, 3.63) is 12.4 Å². The fourth-order valence-electron chi connectivity index (χ4n) is 0.959. The number of halogens is 4. The van der Waals surface area contributed by atoms with Crippen LogP contribution in [0, 0.1) is 0 Å². The van der Waals surface area contributed by atoms with Crippen LogP contribution in [-0.4, -0.2) is 36.8 Å². The molecule has 0 spiro atoms. The van der Waals surface area contributed by atoms with E-state index in [0.717, 1.165) is 17.1 Å². The second kappa shape index (κ2) is 5.14. The number of nitrogens with zero attached hydrogens (tertiary/aromatic N) is 2. The molecule has 1 rings (SSSR count). The average molecular weight is 306 g/mol. The maximum absolute atomic E-state index is 11.8. The van der Waals surface area contributed by atoms with Crippen LogP contribution >= 0.6 is 10.7 Å². The second-order valence-corrected chi connectivity index (χ2v) is 5.77. The van der Waals surface area contributed by atoms with Crippen molar-refractivity contribution in [1.82, 2.24) is 15.1 Å². The minimum Gasteiger partial charge on any atom is -0.345 e. The highest BCUT2D eigenvalue weighted by Gasteiger charge is 2.27. The Hall–Kier alpha value is -1.29. The third-order valence-electron chi connectivity index (χ3n) is 1.68. The van der Waals surface area contributed by atoms with Crippen molar-refractivity contribution in [1.29, 1.82) is 0 Å². The average Bonchev–Trinajstić information content (AvgIpc) is 2.61. The van der Waals surface area contributed by atoms with E-state index in [0.29, 0.717) is 0 Å². The molecule has 6 nitrogen and oxygen atoms in total. The Balaban J connectivity index is 2.58. The number of aromatic nitrogens is 2. The molecule has 0 aliphatic carbocycles. The summed E-state index contributed by atoms with van der Waals surface area (Å²) < 4.78 is 57.9. The van der Waals surface area contributed by atoms with Gasteiger partial charge in [0.15, 0.2) is 0 Å². The summed E-state index contributed by atoms with van der Waals surface area (Å²) >= 11 is 0. The lowest BCUT2D eigenvalue weighted by Crippen LogP contribution is -2.35. The summed E-state index contributed by atoms with van der Waals surface area (Å²) in [6.45, 7) is -2.00. The maximum Gasteiger partial charge on any atom is 0.405 e. The van der Waals surface area contributed by atoms with Crippen molar-refractivity contribution in [2.45, 2.75) is 17.6 Å². The molecule has 0 saturated heterocycles. The first-order valence-electron chi connectivity index (χ1n) is 4.38. The van der Waals surface area contributed by atoms with Gasteiger partial charge in [-0.15, -0.1) is 0 Å². The molecule has 0 fully saturated rings. The number of carbonyl (C=O) groups is 1. The molecule has 102 valence electrons. The summed E-state index contributed by atoms with van der Waals surface area (Å²) in [4.78, 5) is 10.7. The van der Waals surface area contributed by atoms with E-state index in [1.807, 2.05) is 0 Å². The first kappa shape index (κ1) is 14.8. The van der Waals surface area contributed by atoms with E-state index in [1.54, 1.807) is 5.32 Å². The molecular weight excluding hydrogens is 299 g/mol. The molecule has 0 aliphatic rings. The topological polar surface area (TPSA) is 81.1 Å². The van der Waals surface area contributed by atoms with Gasteiger partial charge in [0.25, 0.3) is 9.05 Å². The number of carbonyl (C=O) groups excluding carboxylic acids is 1. The molecule has 11 heteroatoms. The van der Waals surface area contributed by atoms with Crippen molar-refractivity contribution < 1.29 is 26.4 Å². The van der Waals surface area contributed by atoms with E-state index in [-0.39, 0.29) is 4.90 Å². The van der Waals surface area contributed by atoms with Crippen LogP contribution in [0.25, 0.3) is 0 Å². The quantitative estimate of drug-likeness (QED) is 0.821. The molecule has 0 aromatic carbocycles. The van der Waals surface area contributed by atoms with E-state index in [1.165, 1.54) is 0 Å². The normalized spacial score (nSPS) is 12.4. The van der Waals surface area contributed by atoms with Gasteiger partial charge in [-0.2, -0.15) is 18.3 Å². The Morgan fingerprint density at radius 3 is 2.56 bits per heavy atom. The Morgan fingerprint density at radius 1 is 1.50 bits per heavy atom. The molecule has 0 radical (unpaired) electrons. The third-order valence-corrected chi connectivity index (χ3v) is 2.99. The zero-order valence-corrected chi connectivity index (χ0v) is 10.2. The molecule has 1 N–H and O–H groups in total. The highest BCUT2D eigenvalue weighted by atomic mass is 35.7. The molecule has 1 heterocycles. The number of alkyl halides is 3. The monoisotopic (exact) mass is 305 g/mol. The van der Waals surface area contributed by atoms with Gasteiger partial charge in [-0.3, -0.25) is 9.48 Å². The lowest BCUT2D eigenvalue weighted by molar-refractivity contribution is -0.138. The molecule has 0 atom stereocenters. The number of amides is 1. The number of rotatable bonds is 4. The molecular formula is C7H7ClF3N3O3S. The highest BCUT2D eigenvalue weighted by Crippen LogP contribution is 2.13. The Labute approximate surface area is 104 Å². The highest BCUT2D eigenvalue weighted by molar-refractivity contribution is 8.13. The van der Waals surface area contributed by atoms with Crippen molar-refractivity contribution in [3.8, 4) is 0 Å². The van der Waals surface area contributed by atoms with Gasteiger partial charge in [-0.25, -0.2) is 8.42 Å². The van der Waals surface area contributed by atoms with Crippen LogP contribution in [0.15, 0.2) is 17.3 Å². The number of hydrogen-bond acceptors (Lipinski definition) is 4. The van der Waals surface area contributed by atoms with E-state index in [9.17, 15) is 26.4 Å². The van der Waals surface area contributed by atoms with Crippen molar-refractivity contribution in [2.75, 3.05) is 6.54 Å². The zero-order chi connectivity index (χ0) is 14.0. The van der Waals surface area contributed by atoms with Crippen molar-refractivity contribution >= 4 is 25.6 Å². The lowest BCUT2D eigenvalue weighted by Gasteiger charge is -2.07. The molecule has 0 saturated carbocycles. The van der Waals surface area contributed by atoms with Crippen LogP contribution < -0.4 is 5.32 Å². The molecule has 1 aromatic heterocycles. The molecule has 18 heavy (non-hydrogen) atoms. The largest absolute Gasteiger partial charge is 0.405 e. The zero-order valence-electron chi connectivity index (χ0n) is 8.61. The van der Waals surface area contributed by atoms with Crippen molar-refractivity contribution in [3.63, 3.8) is 0 Å². The third kappa shape index (κ3) is 4.92. The van der Waals surface area contributed by atoms with Crippen LogP contribution in [0.3, 0.4) is 0 Å². The first-order valence-corrected chi connectivity index (χ1v) is 6.69. The smallest absolute Gasteiger partial charge is 0.345 e. The molecule has 0 unspecified atom stereocenters. The Bertz CT molecular complexity index is 540. The summed E-state index contributed by atoms with van der Waals surface area (Å²) in [5.41, 5.74) is 0. The minimum atomic E-state index is -4.51. The van der Waals surface area contributed by atoms with Gasteiger partial charge < -0.3 is 5.32 Å². The molecule has 0 bridgehead atoms. The maximum atomic E-state index is 11.8. The van der Waals surface area contributed by atoms with Crippen LogP contribution in [0.5, 0.6) is 0 Å². The van der Waals surface area contributed by atoms with Gasteiger partial charge in [0.1, 0.15) is 18.0 Å². The fraction of sp³-hybridized carbons (Fsp3) is 0.429. The lowest BCUT2D eigenvalue weighted by atomic mass is 10.5. The van der Waals surface area contributed by atoms with Gasteiger partial charge in [0.05, 0.1) is 6.20 Å². The summed E-state index contributed by atoms with van der Waals surface area (Å²) in [5.74, 6) is -0.950. The standard InChI is InChI=1S/C7H7ClF3N3O3S/c8-18(16,17)5-1-13-14(2-5)3-6(15)12-4-7(9,10)11/h1-2H,3-4H2,(H,12,15). The predicted octanol–water partition coefficient (Wildman–Crippen LogP) is 0.489. The van der Waals surface area contributed by atoms with Gasteiger partial charge in [0.2, 0.25) is 5.91 Å². The SMILES string of the molecule is O=C(Cn1cc(S(=O)(=O)Cl)cn1)NCC(F)(F)F. The summed E-state index contributed by atoms with van der Waals surface area (Å²) in [6, 6.07) is 0. The molecule has 0 aliphatic heterocycles. The fourth-order valence-corrected chi connectivity index (χ4v) is 1.62. The number of nitrogens with one attached hydrogen (secondary N) is 1. The van der Waals surface area contributed by atoms with E-state index < -0.39 is 34.2 Å². The Kier molecular flexibility index (Phi) is 4.22. The van der Waals surface area contributed by atoms with Gasteiger partial charge in [-0.1, -0.05) is 0 Å². The molecule has 1 amide bonds. The van der Waals surface area contributed by atoms with Crippen molar-refractivity contribution in [2.24, 2.45) is 0 Å². The van der Waals surface area contributed by atoms with Gasteiger partial charge in [0, 0.05) is 16.9 Å². The predicted molar refractivity (Wildman–Crippen MR) is 54.3 cm³/mol. The van der Waals surface area contributed by atoms with Crippen LogP contribution in [0.4, 0.5) is 13.2 Å². The summed E-state index contributed by atoms with van der Waals surface area (Å²) in [7, 11) is 1.02. The summed E-state index contributed by atoms with van der Waals surface area (Å²) in [6.07, 6.45) is -2.68. The summed E-state index contributed by atoms with van der Waals surface area (Å²) in [5, 5.41) is 5.09. The van der Waals surface area contributed by atoms with E-state index >= 15 is 0 Å². The number of hydrogen-bond donors (Lipinski definition) is 1. The first-order chi connectivity index (χ1) is 8.08. The van der Waals surface area contributed by atoms with Crippen LogP contribution in [-0.2, 0) is 20.4 Å². The Morgan fingerprint density at radius 2 is 2.11 bits per heavy atom. The van der Waals surface area contributed by atoms with E-state index in [4.69, 9.17) is 10.7 Å². The second-order valence-electron chi connectivity index (χ2n) is 3.20. The molecule has 1 aromatic rings. The van der Waals surface area contributed by atoms with Crippen LogP contribution in [0.2, 0.25) is 0 Å². The van der Waals surface area contributed by atoms with Gasteiger partial charge >= 0.3 is 6.18 Å². The van der Waals surface area contributed by atoms with Crippen LogP contribution in [0.1, 0.15) is 0 Å².